The molecule has 0 saturated carbocycles. The van der Waals surface area contributed by atoms with Crippen molar-refractivity contribution < 1.29 is 14.1 Å². The molecule has 3 aromatic rings. The summed E-state index contributed by atoms with van der Waals surface area (Å²) in [4.78, 5) is 25.5. The van der Waals surface area contributed by atoms with Crippen LogP contribution < -0.4 is 4.90 Å². The lowest BCUT2D eigenvalue weighted by atomic mass is 10.1. The second-order valence-corrected chi connectivity index (χ2v) is 9.03. The SMILES string of the molecule is O=C1/C(=C\c2ccc(-c3ccccc3[N+](=O)[O-])o2)SC(=S)N1c1ccc(Br)c(Cl)c1. The molecule has 1 saturated heterocycles. The summed E-state index contributed by atoms with van der Waals surface area (Å²) < 4.78 is 6.83. The van der Waals surface area contributed by atoms with E-state index in [2.05, 4.69) is 15.9 Å². The number of rotatable bonds is 4. The molecular formula is C20H10BrClN2O4S2. The zero-order chi connectivity index (χ0) is 21.4. The van der Waals surface area contributed by atoms with E-state index < -0.39 is 4.92 Å². The molecule has 1 aliphatic rings. The van der Waals surface area contributed by atoms with Crippen LogP contribution in [-0.4, -0.2) is 15.2 Å². The molecule has 1 aromatic heterocycles. The van der Waals surface area contributed by atoms with E-state index in [1.165, 1.54) is 11.0 Å². The lowest BCUT2D eigenvalue weighted by molar-refractivity contribution is -0.384. The number of amides is 1. The van der Waals surface area contributed by atoms with E-state index in [-0.39, 0.29) is 11.6 Å². The van der Waals surface area contributed by atoms with Gasteiger partial charge < -0.3 is 4.42 Å². The van der Waals surface area contributed by atoms with Gasteiger partial charge in [0.15, 0.2) is 4.32 Å². The number of carbonyl (C=O) groups is 1. The monoisotopic (exact) mass is 520 g/mol. The number of nitro benzene ring substituents is 1. The number of benzene rings is 2. The predicted molar refractivity (Wildman–Crippen MR) is 126 cm³/mol. The van der Waals surface area contributed by atoms with Gasteiger partial charge >= 0.3 is 0 Å². The van der Waals surface area contributed by atoms with E-state index in [9.17, 15) is 14.9 Å². The smallest absolute Gasteiger partial charge is 0.280 e. The number of carbonyl (C=O) groups excluding carboxylic acids is 1. The van der Waals surface area contributed by atoms with Crippen molar-refractivity contribution in [3.8, 4) is 11.3 Å². The minimum Gasteiger partial charge on any atom is -0.456 e. The normalized spacial score (nSPS) is 15.3. The summed E-state index contributed by atoms with van der Waals surface area (Å²) in [5.41, 5.74) is 0.866. The molecule has 4 rings (SSSR count). The molecule has 2 heterocycles. The molecule has 0 radical (unpaired) electrons. The third-order valence-electron chi connectivity index (χ3n) is 4.22. The summed E-state index contributed by atoms with van der Waals surface area (Å²) in [6, 6.07) is 14.7. The fraction of sp³-hybridized carbons (Fsp3) is 0. The van der Waals surface area contributed by atoms with Gasteiger partial charge in [-0.2, -0.15) is 0 Å². The molecule has 2 aromatic carbocycles. The van der Waals surface area contributed by atoms with Crippen molar-refractivity contribution >= 4 is 79.2 Å². The number of hydrogen-bond acceptors (Lipinski definition) is 6. The molecule has 0 aliphatic carbocycles. The first-order valence-corrected chi connectivity index (χ1v) is 10.8. The van der Waals surface area contributed by atoms with Crippen molar-refractivity contribution in [1.29, 1.82) is 0 Å². The van der Waals surface area contributed by atoms with Gasteiger partial charge in [0.05, 0.1) is 26.1 Å². The van der Waals surface area contributed by atoms with Crippen molar-refractivity contribution in [2.75, 3.05) is 4.90 Å². The highest BCUT2D eigenvalue weighted by Crippen LogP contribution is 2.39. The molecule has 10 heteroatoms. The average molecular weight is 522 g/mol. The third kappa shape index (κ3) is 3.93. The van der Waals surface area contributed by atoms with E-state index >= 15 is 0 Å². The van der Waals surface area contributed by atoms with Crippen LogP contribution in [-0.2, 0) is 4.79 Å². The molecule has 1 amide bonds. The molecule has 0 N–H and O–H groups in total. The molecule has 0 atom stereocenters. The highest BCUT2D eigenvalue weighted by molar-refractivity contribution is 9.10. The topological polar surface area (TPSA) is 76.6 Å². The third-order valence-corrected chi connectivity index (χ3v) is 6.76. The van der Waals surface area contributed by atoms with Gasteiger partial charge in [-0.05, 0) is 52.3 Å². The second kappa shape index (κ2) is 8.35. The van der Waals surface area contributed by atoms with Gasteiger partial charge in [0.2, 0.25) is 0 Å². The van der Waals surface area contributed by atoms with Gasteiger partial charge in [-0.3, -0.25) is 19.8 Å². The maximum absolute atomic E-state index is 12.9. The highest BCUT2D eigenvalue weighted by Gasteiger charge is 2.34. The number of anilines is 1. The molecule has 150 valence electrons. The number of halogens is 2. The van der Waals surface area contributed by atoms with Crippen molar-refractivity contribution in [3.05, 3.63) is 84.9 Å². The number of thioether (sulfide) groups is 1. The molecule has 6 nitrogen and oxygen atoms in total. The summed E-state index contributed by atoms with van der Waals surface area (Å²) in [5, 5.41) is 11.7. The molecule has 0 bridgehead atoms. The van der Waals surface area contributed by atoms with Crippen molar-refractivity contribution in [2.24, 2.45) is 0 Å². The van der Waals surface area contributed by atoms with Gasteiger partial charge in [0, 0.05) is 16.6 Å². The number of thiocarbonyl (C=S) groups is 1. The Morgan fingerprint density at radius 3 is 2.70 bits per heavy atom. The Hall–Kier alpha value is -2.46. The Morgan fingerprint density at radius 2 is 1.97 bits per heavy atom. The van der Waals surface area contributed by atoms with Gasteiger partial charge in [-0.25, -0.2) is 0 Å². The Balaban J connectivity index is 1.64. The predicted octanol–water partition coefficient (Wildman–Crippen LogP) is 6.68. The molecule has 1 aliphatic heterocycles. The first-order valence-electron chi connectivity index (χ1n) is 8.42. The minimum absolute atomic E-state index is 0.0585. The second-order valence-electron chi connectivity index (χ2n) is 6.09. The highest BCUT2D eigenvalue weighted by atomic mass is 79.9. The maximum atomic E-state index is 12.9. The Morgan fingerprint density at radius 1 is 1.20 bits per heavy atom. The Labute approximate surface area is 193 Å². The maximum Gasteiger partial charge on any atom is 0.280 e. The largest absolute Gasteiger partial charge is 0.456 e. The standard InChI is InChI=1S/C20H10BrClN2O4S2/c21-14-7-5-11(9-15(14)22)23-19(25)18(30-20(23)29)10-12-6-8-17(28-12)13-3-1-2-4-16(13)24(26)27/h1-10H/b18-10+. The van der Waals surface area contributed by atoms with E-state index in [1.807, 2.05) is 0 Å². The number of furan rings is 1. The van der Waals surface area contributed by atoms with Crippen LogP contribution in [0.1, 0.15) is 5.76 Å². The van der Waals surface area contributed by atoms with E-state index in [1.54, 1.807) is 54.6 Å². The number of nitrogens with zero attached hydrogens (tertiary/aromatic N) is 2. The van der Waals surface area contributed by atoms with E-state index in [0.717, 1.165) is 11.8 Å². The number of hydrogen-bond donors (Lipinski definition) is 0. The molecule has 1 fully saturated rings. The van der Waals surface area contributed by atoms with E-state index in [4.69, 9.17) is 28.2 Å². The zero-order valence-corrected chi connectivity index (χ0v) is 18.8. The first kappa shape index (κ1) is 20.8. The van der Waals surface area contributed by atoms with Crippen LogP contribution in [0.4, 0.5) is 11.4 Å². The lowest BCUT2D eigenvalue weighted by Gasteiger charge is -2.15. The van der Waals surface area contributed by atoms with Crippen LogP contribution in [0, 0.1) is 10.1 Å². The van der Waals surface area contributed by atoms with Crippen molar-refractivity contribution in [3.63, 3.8) is 0 Å². The summed E-state index contributed by atoms with van der Waals surface area (Å²) in [6.45, 7) is 0. The van der Waals surface area contributed by atoms with E-state index in [0.29, 0.717) is 41.5 Å². The van der Waals surface area contributed by atoms with Crippen LogP contribution in [0.25, 0.3) is 17.4 Å². The molecule has 0 unspecified atom stereocenters. The molecule has 30 heavy (non-hydrogen) atoms. The van der Waals surface area contributed by atoms with Crippen LogP contribution in [0.15, 0.2) is 68.4 Å². The zero-order valence-electron chi connectivity index (χ0n) is 14.9. The van der Waals surface area contributed by atoms with Gasteiger partial charge in [0.25, 0.3) is 11.6 Å². The number of para-hydroxylation sites is 1. The minimum atomic E-state index is -0.466. The fourth-order valence-corrected chi connectivity index (χ4v) is 4.56. The fourth-order valence-electron chi connectivity index (χ4n) is 2.86. The first-order chi connectivity index (χ1) is 14.3. The van der Waals surface area contributed by atoms with Crippen LogP contribution in [0.3, 0.4) is 0 Å². The average Bonchev–Trinajstić information content (AvgIpc) is 3.29. The Kier molecular flexibility index (Phi) is 5.79. The van der Waals surface area contributed by atoms with Crippen LogP contribution >= 0.6 is 51.5 Å². The van der Waals surface area contributed by atoms with Crippen molar-refractivity contribution in [2.45, 2.75) is 0 Å². The van der Waals surface area contributed by atoms with Gasteiger partial charge in [-0.15, -0.1) is 0 Å². The summed E-state index contributed by atoms with van der Waals surface area (Å²) >= 11 is 16.0. The Bertz CT molecular complexity index is 1240. The molecular weight excluding hydrogens is 512 g/mol. The summed E-state index contributed by atoms with van der Waals surface area (Å²) in [7, 11) is 0. The van der Waals surface area contributed by atoms with Gasteiger partial charge in [-0.1, -0.05) is 47.7 Å². The molecule has 0 spiro atoms. The van der Waals surface area contributed by atoms with Gasteiger partial charge in [0.1, 0.15) is 11.5 Å². The number of nitro groups is 1. The lowest BCUT2D eigenvalue weighted by Crippen LogP contribution is -2.27. The summed E-state index contributed by atoms with van der Waals surface area (Å²) in [5.74, 6) is 0.424. The quantitative estimate of drug-likeness (QED) is 0.165. The summed E-state index contributed by atoms with van der Waals surface area (Å²) in [6.07, 6.45) is 1.57. The van der Waals surface area contributed by atoms with Crippen LogP contribution in [0.5, 0.6) is 0 Å². The van der Waals surface area contributed by atoms with Crippen molar-refractivity contribution in [1.82, 2.24) is 0 Å². The van der Waals surface area contributed by atoms with Crippen LogP contribution in [0.2, 0.25) is 5.02 Å².